The van der Waals surface area contributed by atoms with Crippen molar-refractivity contribution >= 4 is 16.9 Å². The first-order valence-corrected chi connectivity index (χ1v) is 11.0. The predicted molar refractivity (Wildman–Crippen MR) is 121 cm³/mol. The second-order valence-electron chi connectivity index (χ2n) is 9.61. The Morgan fingerprint density at radius 2 is 1.71 bits per heavy atom. The minimum atomic E-state index is -0.845. The third-order valence-electron chi connectivity index (χ3n) is 5.20. The first kappa shape index (κ1) is 23.4. The highest BCUT2D eigenvalue weighted by molar-refractivity contribution is 5.85. The summed E-state index contributed by atoms with van der Waals surface area (Å²) in [6.07, 6.45) is 1.63. The lowest BCUT2D eigenvalue weighted by Gasteiger charge is -2.44. The van der Waals surface area contributed by atoms with Crippen LogP contribution in [0, 0.1) is 0 Å². The number of carbonyl (C=O) groups excluding carboxylic acids is 1. The van der Waals surface area contributed by atoms with Crippen molar-refractivity contribution in [2.45, 2.75) is 71.3 Å². The smallest absolute Gasteiger partial charge is 0.408 e. The average molecular weight is 430 g/mol. The molecule has 0 aromatic heterocycles. The van der Waals surface area contributed by atoms with E-state index in [9.17, 15) is 4.79 Å². The predicted octanol–water partition coefficient (Wildman–Crippen LogP) is 5.52. The molecule has 31 heavy (non-hydrogen) atoms. The van der Waals surface area contributed by atoms with Gasteiger partial charge in [-0.3, -0.25) is 0 Å². The maximum atomic E-state index is 12.6. The van der Waals surface area contributed by atoms with E-state index in [2.05, 4.69) is 18.3 Å². The molecule has 1 heterocycles. The molecule has 0 radical (unpaired) electrons. The van der Waals surface area contributed by atoms with Gasteiger partial charge < -0.3 is 24.3 Å². The van der Waals surface area contributed by atoms with Gasteiger partial charge in [0.1, 0.15) is 16.9 Å². The number of amides is 1. The number of benzene rings is 2. The molecule has 0 spiro atoms. The molecule has 3 rings (SSSR count). The van der Waals surface area contributed by atoms with Crippen molar-refractivity contribution in [3.8, 4) is 5.75 Å². The molecule has 0 aliphatic carbocycles. The Labute approximate surface area is 185 Å². The van der Waals surface area contributed by atoms with Crippen molar-refractivity contribution < 1.29 is 23.7 Å². The summed E-state index contributed by atoms with van der Waals surface area (Å²) < 4.78 is 23.2. The number of unbranched alkanes of at least 4 members (excludes halogenated alkanes) is 1. The van der Waals surface area contributed by atoms with Gasteiger partial charge in [-0.1, -0.05) is 31.5 Å². The third kappa shape index (κ3) is 6.11. The monoisotopic (exact) mass is 429 g/mol. The van der Waals surface area contributed by atoms with Crippen LogP contribution in [-0.2, 0) is 19.7 Å². The molecule has 1 aliphatic heterocycles. The summed E-state index contributed by atoms with van der Waals surface area (Å²) in [5.41, 5.74) is -0.540. The first-order chi connectivity index (χ1) is 14.5. The molecule has 0 unspecified atom stereocenters. The highest BCUT2D eigenvalue weighted by Gasteiger charge is 2.43. The number of ether oxygens (including phenoxy) is 4. The summed E-state index contributed by atoms with van der Waals surface area (Å²) in [4.78, 5) is 12.6. The minimum Gasteiger partial charge on any atom is -0.494 e. The van der Waals surface area contributed by atoms with Gasteiger partial charge >= 0.3 is 6.09 Å². The number of hydrogen-bond donors (Lipinski definition) is 1. The van der Waals surface area contributed by atoms with Crippen LogP contribution < -0.4 is 10.1 Å². The van der Waals surface area contributed by atoms with Crippen LogP contribution in [0.15, 0.2) is 36.4 Å². The molecule has 0 bridgehead atoms. The quantitative estimate of drug-likeness (QED) is 0.612. The molecule has 0 saturated carbocycles. The molecule has 170 valence electrons. The highest BCUT2D eigenvalue weighted by atomic mass is 16.7. The van der Waals surface area contributed by atoms with E-state index < -0.39 is 23.0 Å². The second-order valence-corrected chi connectivity index (χ2v) is 9.61. The lowest BCUT2D eigenvalue weighted by molar-refractivity contribution is -0.272. The van der Waals surface area contributed by atoms with Crippen LogP contribution in [0.3, 0.4) is 0 Å². The topological polar surface area (TPSA) is 66.0 Å². The molecular weight excluding hydrogens is 394 g/mol. The van der Waals surface area contributed by atoms with Gasteiger partial charge in [-0.05, 0) is 75.6 Å². The van der Waals surface area contributed by atoms with Gasteiger partial charge in [0, 0.05) is 0 Å². The molecule has 1 fully saturated rings. The molecule has 1 saturated heterocycles. The van der Waals surface area contributed by atoms with Gasteiger partial charge in [0.2, 0.25) is 0 Å². The maximum absolute atomic E-state index is 12.6. The lowest BCUT2D eigenvalue weighted by Crippen LogP contribution is -2.59. The molecule has 1 amide bonds. The van der Waals surface area contributed by atoms with Crippen LogP contribution in [0.5, 0.6) is 5.75 Å². The molecular formula is C25H35NO5. The second kappa shape index (κ2) is 9.05. The highest BCUT2D eigenvalue weighted by Crippen LogP contribution is 2.34. The van der Waals surface area contributed by atoms with E-state index in [1.165, 1.54) is 0 Å². The van der Waals surface area contributed by atoms with E-state index in [0.29, 0.717) is 6.61 Å². The van der Waals surface area contributed by atoms with Crippen LogP contribution in [0.2, 0.25) is 0 Å². The fourth-order valence-electron chi connectivity index (χ4n) is 3.43. The summed E-state index contributed by atoms with van der Waals surface area (Å²) >= 11 is 0. The van der Waals surface area contributed by atoms with Gasteiger partial charge in [0.25, 0.3) is 0 Å². The Balaban J connectivity index is 1.89. The molecule has 6 nitrogen and oxygen atoms in total. The third-order valence-corrected chi connectivity index (χ3v) is 5.20. The summed E-state index contributed by atoms with van der Waals surface area (Å²) in [6.45, 7) is 12.7. The van der Waals surface area contributed by atoms with Crippen molar-refractivity contribution in [1.29, 1.82) is 0 Å². The lowest BCUT2D eigenvalue weighted by atomic mass is 9.88. The molecule has 0 atom stereocenters. The number of hydrogen-bond acceptors (Lipinski definition) is 5. The Morgan fingerprint density at radius 1 is 1.06 bits per heavy atom. The molecule has 1 N–H and O–H groups in total. The molecule has 1 aliphatic rings. The number of alkyl carbamates (subject to hydrolysis) is 1. The van der Waals surface area contributed by atoms with Gasteiger partial charge in [-0.15, -0.1) is 0 Å². The van der Waals surface area contributed by atoms with Crippen LogP contribution in [0.1, 0.15) is 59.9 Å². The number of carbonyl (C=O) groups is 1. The minimum absolute atomic E-state index is 0.281. The standard InChI is InChI=1S/C25H35NO5/c1-7-8-13-28-21-12-10-18-14-20(11-9-19(18)15-21)25(16-29-24(5,6)30-17-25)26-22(27)31-23(2,3)4/h9-12,14-15H,7-8,13,16-17H2,1-6H3,(H,26,27). The van der Waals surface area contributed by atoms with E-state index in [0.717, 1.165) is 34.9 Å². The van der Waals surface area contributed by atoms with Crippen molar-refractivity contribution in [3.63, 3.8) is 0 Å². The zero-order valence-corrected chi connectivity index (χ0v) is 19.5. The van der Waals surface area contributed by atoms with Crippen molar-refractivity contribution in [3.05, 3.63) is 42.0 Å². The number of nitrogens with one attached hydrogen (secondary N) is 1. The van der Waals surface area contributed by atoms with E-state index >= 15 is 0 Å². The van der Waals surface area contributed by atoms with Gasteiger partial charge in [-0.2, -0.15) is 0 Å². The van der Waals surface area contributed by atoms with E-state index in [1.54, 1.807) is 0 Å². The largest absolute Gasteiger partial charge is 0.494 e. The molecule has 2 aromatic carbocycles. The summed E-state index contributed by atoms with van der Waals surface area (Å²) in [5.74, 6) is 0.155. The summed E-state index contributed by atoms with van der Waals surface area (Å²) in [5, 5.41) is 5.14. The van der Waals surface area contributed by atoms with Crippen LogP contribution in [-0.4, -0.2) is 37.3 Å². The zero-order chi connectivity index (χ0) is 22.7. The van der Waals surface area contributed by atoms with Crippen molar-refractivity contribution in [1.82, 2.24) is 5.32 Å². The van der Waals surface area contributed by atoms with Crippen LogP contribution in [0.25, 0.3) is 10.8 Å². The maximum Gasteiger partial charge on any atom is 0.408 e. The van der Waals surface area contributed by atoms with Crippen LogP contribution in [0.4, 0.5) is 4.79 Å². The fraction of sp³-hybridized carbons (Fsp3) is 0.560. The number of rotatable bonds is 6. The van der Waals surface area contributed by atoms with Gasteiger partial charge in [0.15, 0.2) is 5.79 Å². The zero-order valence-electron chi connectivity index (χ0n) is 19.5. The van der Waals surface area contributed by atoms with Crippen LogP contribution >= 0.6 is 0 Å². The average Bonchev–Trinajstić information content (AvgIpc) is 2.68. The van der Waals surface area contributed by atoms with Gasteiger partial charge in [-0.25, -0.2) is 4.79 Å². The Morgan fingerprint density at radius 3 is 2.35 bits per heavy atom. The van der Waals surface area contributed by atoms with E-state index in [1.807, 2.05) is 65.0 Å². The Kier molecular flexibility index (Phi) is 6.82. The first-order valence-electron chi connectivity index (χ1n) is 11.0. The molecule has 6 heteroatoms. The van der Waals surface area contributed by atoms with Crippen molar-refractivity contribution in [2.75, 3.05) is 19.8 Å². The fourth-order valence-corrected chi connectivity index (χ4v) is 3.43. The number of fused-ring (bicyclic) bond motifs is 1. The Bertz CT molecular complexity index is 906. The SMILES string of the molecule is CCCCOc1ccc2cc(C3(NC(=O)OC(C)(C)C)COC(C)(C)OC3)ccc2c1. The summed E-state index contributed by atoms with van der Waals surface area (Å²) in [6, 6.07) is 12.2. The summed E-state index contributed by atoms with van der Waals surface area (Å²) in [7, 11) is 0. The van der Waals surface area contributed by atoms with Gasteiger partial charge in [0.05, 0.1) is 19.8 Å². The van der Waals surface area contributed by atoms with Crippen molar-refractivity contribution in [2.24, 2.45) is 0 Å². The van der Waals surface area contributed by atoms with E-state index in [4.69, 9.17) is 18.9 Å². The van der Waals surface area contributed by atoms with E-state index in [-0.39, 0.29) is 13.2 Å². The normalized spacial score (nSPS) is 17.9. The molecule has 2 aromatic rings. The Hall–Kier alpha value is -2.31.